The average Bonchev–Trinajstić information content (AvgIpc) is 2.63. The number of rotatable bonds is 8. The van der Waals surface area contributed by atoms with Gasteiger partial charge in [-0.3, -0.25) is 9.59 Å². The summed E-state index contributed by atoms with van der Waals surface area (Å²) in [6.07, 6.45) is 0.0304. The molecular formula is C21H26FN3O2. The minimum absolute atomic E-state index is 0.0304. The molecule has 0 atom stereocenters. The van der Waals surface area contributed by atoms with Gasteiger partial charge in [0, 0.05) is 24.5 Å². The average molecular weight is 371 g/mol. The van der Waals surface area contributed by atoms with Gasteiger partial charge in [-0.25, -0.2) is 4.39 Å². The van der Waals surface area contributed by atoms with Crippen LogP contribution in [0.25, 0.3) is 0 Å². The highest BCUT2D eigenvalue weighted by Crippen LogP contribution is 2.22. The molecular weight excluding hydrogens is 345 g/mol. The third-order valence-electron chi connectivity index (χ3n) is 4.31. The summed E-state index contributed by atoms with van der Waals surface area (Å²) in [5.41, 5.74) is 3.35. The van der Waals surface area contributed by atoms with Crippen LogP contribution in [0, 0.1) is 12.7 Å². The largest absolute Gasteiger partial charge is 0.372 e. The van der Waals surface area contributed by atoms with Crippen molar-refractivity contribution >= 4 is 23.2 Å². The van der Waals surface area contributed by atoms with Crippen LogP contribution in [0.15, 0.2) is 42.5 Å². The van der Waals surface area contributed by atoms with Crippen molar-refractivity contribution in [1.82, 2.24) is 5.32 Å². The van der Waals surface area contributed by atoms with Crippen LogP contribution in [-0.2, 0) is 16.0 Å². The smallest absolute Gasteiger partial charge is 0.243 e. The van der Waals surface area contributed by atoms with E-state index in [9.17, 15) is 14.0 Å². The highest BCUT2D eigenvalue weighted by atomic mass is 19.1. The number of carbonyl (C=O) groups is 2. The van der Waals surface area contributed by atoms with Crippen molar-refractivity contribution in [3.63, 3.8) is 0 Å². The molecule has 0 aliphatic heterocycles. The Kier molecular flexibility index (Phi) is 7.34. The predicted molar refractivity (Wildman–Crippen MR) is 106 cm³/mol. The van der Waals surface area contributed by atoms with Crippen LogP contribution in [0.3, 0.4) is 0 Å². The van der Waals surface area contributed by atoms with Gasteiger partial charge in [-0.15, -0.1) is 0 Å². The molecule has 2 N–H and O–H groups in total. The van der Waals surface area contributed by atoms with Crippen LogP contribution in [0.2, 0.25) is 0 Å². The number of nitrogens with one attached hydrogen (secondary N) is 2. The van der Waals surface area contributed by atoms with E-state index in [1.54, 1.807) is 12.1 Å². The van der Waals surface area contributed by atoms with E-state index in [0.717, 1.165) is 30.0 Å². The molecule has 6 heteroatoms. The van der Waals surface area contributed by atoms with E-state index in [-0.39, 0.29) is 30.6 Å². The normalized spacial score (nSPS) is 10.4. The fraction of sp³-hybridized carbons (Fsp3) is 0.333. The van der Waals surface area contributed by atoms with Crippen LogP contribution >= 0.6 is 0 Å². The molecule has 0 fully saturated rings. The van der Waals surface area contributed by atoms with Gasteiger partial charge < -0.3 is 15.5 Å². The number of carbonyl (C=O) groups excluding carboxylic acids is 2. The molecule has 0 saturated carbocycles. The standard InChI is InChI=1S/C21H26FN3O2/c1-4-25(5-2)18-9-10-19(15(3)11-18)24-21(27)14-23-20(26)13-16-7-6-8-17(22)12-16/h6-12H,4-5,13-14H2,1-3H3,(H,23,26)(H,24,27). The molecule has 0 bridgehead atoms. The molecule has 0 aliphatic rings. The topological polar surface area (TPSA) is 61.4 Å². The molecule has 0 radical (unpaired) electrons. The molecule has 2 amide bonds. The maximum absolute atomic E-state index is 13.1. The lowest BCUT2D eigenvalue weighted by molar-refractivity contribution is -0.123. The Labute approximate surface area is 159 Å². The molecule has 0 aromatic heterocycles. The van der Waals surface area contributed by atoms with Crippen molar-refractivity contribution in [2.24, 2.45) is 0 Å². The summed E-state index contributed by atoms with van der Waals surface area (Å²) in [7, 11) is 0. The maximum Gasteiger partial charge on any atom is 0.243 e. The summed E-state index contributed by atoms with van der Waals surface area (Å²) in [6, 6.07) is 11.7. The first-order chi connectivity index (χ1) is 12.9. The summed E-state index contributed by atoms with van der Waals surface area (Å²) >= 11 is 0. The summed E-state index contributed by atoms with van der Waals surface area (Å²) in [4.78, 5) is 26.3. The maximum atomic E-state index is 13.1. The number of halogens is 1. The number of nitrogens with zero attached hydrogens (tertiary/aromatic N) is 1. The lowest BCUT2D eigenvalue weighted by Crippen LogP contribution is -2.34. The monoisotopic (exact) mass is 371 g/mol. The van der Waals surface area contributed by atoms with Crippen molar-refractivity contribution in [2.75, 3.05) is 29.9 Å². The highest BCUT2D eigenvalue weighted by Gasteiger charge is 2.10. The number of benzene rings is 2. The predicted octanol–water partition coefficient (Wildman–Crippen LogP) is 3.28. The Balaban J connectivity index is 1.87. The Bertz CT molecular complexity index is 804. The van der Waals surface area contributed by atoms with Crippen molar-refractivity contribution < 1.29 is 14.0 Å². The first kappa shape index (κ1) is 20.4. The second-order valence-corrected chi connectivity index (χ2v) is 6.30. The van der Waals surface area contributed by atoms with Gasteiger partial charge in [0.25, 0.3) is 0 Å². The zero-order valence-electron chi connectivity index (χ0n) is 16.0. The minimum atomic E-state index is -0.387. The fourth-order valence-corrected chi connectivity index (χ4v) is 2.84. The molecule has 2 aromatic rings. The van der Waals surface area contributed by atoms with E-state index < -0.39 is 0 Å². The number of aryl methyl sites for hydroxylation is 1. The Morgan fingerprint density at radius 2 is 1.78 bits per heavy atom. The molecule has 0 saturated heterocycles. The summed E-state index contributed by atoms with van der Waals surface area (Å²) in [5, 5.41) is 5.36. The number of anilines is 2. The lowest BCUT2D eigenvalue weighted by atomic mass is 10.1. The van der Waals surface area contributed by atoms with Gasteiger partial charge in [0.05, 0.1) is 13.0 Å². The van der Waals surface area contributed by atoms with Gasteiger partial charge in [0.15, 0.2) is 0 Å². The van der Waals surface area contributed by atoms with Gasteiger partial charge in [0.1, 0.15) is 5.82 Å². The number of hydrogen-bond donors (Lipinski definition) is 2. The van der Waals surface area contributed by atoms with E-state index in [1.807, 2.05) is 25.1 Å². The summed E-state index contributed by atoms with van der Waals surface area (Å²) in [6.45, 7) is 7.83. The van der Waals surface area contributed by atoms with E-state index in [1.165, 1.54) is 12.1 Å². The van der Waals surface area contributed by atoms with Crippen LogP contribution in [0.5, 0.6) is 0 Å². The first-order valence-electron chi connectivity index (χ1n) is 9.09. The van der Waals surface area contributed by atoms with Crippen molar-refractivity contribution in [3.05, 3.63) is 59.4 Å². The summed E-state index contributed by atoms with van der Waals surface area (Å²) in [5.74, 6) is -1.02. The number of amides is 2. The SMILES string of the molecule is CCN(CC)c1ccc(NC(=O)CNC(=O)Cc2cccc(F)c2)c(C)c1. The zero-order valence-corrected chi connectivity index (χ0v) is 16.0. The van der Waals surface area contributed by atoms with Crippen molar-refractivity contribution in [3.8, 4) is 0 Å². The number of hydrogen-bond acceptors (Lipinski definition) is 3. The minimum Gasteiger partial charge on any atom is -0.372 e. The second-order valence-electron chi connectivity index (χ2n) is 6.30. The van der Waals surface area contributed by atoms with Gasteiger partial charge in [0.2, 0.25) is 11.8 Å². The van der Waals surface area contributed by atoms with Crippen LogP contribution in [0.4, 0.5) is 15.8 Å². The van der Waals surface area contributed by atoms with Crippen molar-refractivity contribution in [1.29, 1.82) is 0 Å². The molecule has 0 aliphatic carbocycles. The molecule has 27 heavy (non-hydrogen) atoms. The summed E-state index contributed by atoms with van der Waals surface area (Å²) < 4.78 is 13.1. The second kappa shape index (κ2) is 9.71. The molecule has 0 spiro atoms. The molecule has 5 nitrogen and oxygen atoms in total. The fourth-order valence-electron chi connectivity index (χ4n) is 2.84. The third-order valence-corrected chi connectivity index (χ3v) is 4.31. The van der Waals surface area contributed by atoms with Gasteiger partial charge >= 0.3 is 0 Å². The van der Waals surface area contributed by atoms with Gasteiger partial charge in [-0.2, -0.15) is 0 Å². The van der Waals surface area contributed by atoms with E-state index >= 15 is 0 Å². The van der Waals surface area contributed by atoms with Crippen molar-refractivity contribution in [2.45, 2.75) is 27.2 Å². The third kappa shape index (κ3) is 6.09. The molecule has 2 rings (SSSR count). The lowest BCUT2D eigenvalue weighted by Gasteiger charge is -2.22. The zero-order chi connectivity index (χ0) is 19.8. The quantitative estimate of drug-likeness (QED) is 0.749. The van der Waals surface area contributed by atoms with E-state index in [0.29, 0.717) is 5.56 Å². The first-order valence-corrected chi connectivity index (χ1v) is 9.09. The van der Waals surface area contributed by atoms with Crippen LogP contribution in [0.1, 0.15) is 25.0 Å². The Morgan fingerprint density at radius 1 is 1.04 bits per heavy atom. The Morgan fingerprint density at radius 3 is 2.41 bits per heavy atom. The Hall–Kier alpha value is -2.89. The van der Waals surface area contributed by atoms with Crippen LogP contribution < -0.4 is 15.5 Å². The van der Waals surface area contributed by atoms with E-state index in [4.69, 9.17) is 0 Å². The molecule has 144 valence electrons. The molecule has 0 unspecified atom stereocenters. The van der Waals surface area contributed by atoms with E-state index in [2.05, 4.69) is 29.4 Å². The van der Waals surface area contributed by atoms with Gasteiger partial charge in [-0.05, 0) is 62.2 Å². The van der Waals surface area contributed by atoms with Gasteiger partial charge in [-0.1, -0.05) is 12.1 Å². The molecule has 2 aromatic carbocycles. The van der Waals surface area contributed by atoms with Crippen LogP contribution in [-0.4, -0.2) is 31.4 Å². The molecule has 0 heterocycles. The highest BCUT2D eigenvalue weighted by molar-refractivity contribution is 5.95.